The van der Waals surface area contributed by atoms with Gasteiger partial charge in [-0.2, -0.15) is 0 Å². The minimum atomic E-state index is -1.13. The third kappa shape index (κ3) is 5.23. The van der Waals surface area contributed by atoms with Gasteiger partial charge in [0.2, 0.25) is 0 Å². The molecule has 2 aliphatic rings. The van der Waals surface area contributed by atoms with E-state index in [1.54, 1.807) is 7.05 Å². The summed E-state index contributed by atoms with van der Waals surface area (Å²) in [4.78, 5) is 18.0. The molecule has 0 radical (unpaired) electrons. The van der Waals surface area contributed by atoms with Crippen LogP contribution in [0.5, 0.6) is 0 Å². The summed E-state index contributed by atoms with van der Waals surface area (Å²) in [7, 11) is 1.68. The molecule has 1 heterocycles. The number of hydrogen-bond donors (Lipinski definition) is 1. The third-order valence-electron chi connectivity index (χ3n) is 5.54. The van der Waals surface area contributed by atoms with Crippen LogP contribution in [0.1, 0.15) is 60.8 Å². The molecule has 28 heavy (non-hydrogen) atoms. The molecule has 0 bridgehead atoms. The van der Waals surface area contributed by atoms with Gasteiger partial charge < -0.3 is 19.5 Å². The number of aliphatic hydroxyl groups is 1. The molecule has 160 valence electrons. The van der Waals surface area contributed by atoms with E-state index in [-0.39, 0.29) is 23.8 Å². The van der Waals surface area contributed by atoms with Crippen LogP contribution in [0.4, 0.5) is 4.79 Å². The van der Waals surface area contributed by atoms with Crippen LogP contribution < -0.4 is 0 Å². The quantitative estimate of drug-likeness (QED) is 0.402. The van der Waals surface area contributed by atoms with E-state index in [2.05, 4.69) is 32.3 Å². The van der Waals surface area contributed by atoms with E-state index in [0.29, 0.717) is 11.1 Å². The highest BCUT2D eigenvalue weighted by Gasteiger charge is 2.50. The summed E-state index contributed by atoms with van der Waals surface area (Å²) in [6.45, 7) is 16.3. The van der Waals surface area contributed by atoms with E-state index >= 15 is 0 Å². The van der Waals surface area contributed by atoms with Gasteiger partial charge in [0.05, 0.1) is 25.0 Å². The second kappa shape index (κ2) is 8.27. The van der Waals surface area contributed by atoms with E-state index in [0.717, 1.165) is 18.6 Å². The maximum absolute atomic E-state index is 12.2. The van der Waals surface area contributed by atoms with E-state index < -0.39 is 17.3 Å². The smallest absolute Gasteiger partial charge is 0.410 e. The van der Waals surface area contributed by atoms with Crippen molar-refractivity contribution < 1.29 is 19.4 Å². The molecule has 1 saturated carbocycles. The van der Waals surface area contributed by atoms with Gasteiger partial charge in [-0.15, -0.1) is 11.8 Å². The number of nitrogens with zero attached hydrogens (tertiary/aromatic N) is 2. The zero-order valence-electron chi connectivity index (χ0n) is 18.4. The standard InChI is InChI=1S/C21H36N2O4S/c1-14(26-16-10-9-11-16)20(6,7)15(2)28-17(22-8)21(25)12-23(13-21)18(24)27-19(3,4)5/h15-16,25H,1,9-13H2,2-8H3/b22-17-. The van der Waals surface area contributed by atoms with E-state index in [1.807, 2.05) is 20.8 Å². The summed E-state index contributed by atoms with van der Waals surface area (Å²) in [6.07, 6.45) is 3.29. The maximum Gasteiger partial charge on any atom is 0.410 e. The van der Waals surface area contributed by atoms with Gasteiger partial charge >= 0.3 is 6.09 Å². The van der Waals surface area contributed by atoms with Crippen LogP contribution in [-0.4, -0.2) is 63.8 Å². The van der Waals surface area contributed by atoms with Crippen LogP contribution in [0.15, 0.2) is 17.3 Å². The molecule has 1 N–H and O–H groups in total. The first-order chi connectivity index (χ1) is 12.8. The minimum Gasteiger partial charge on any atom is -0.495 e. The Labute approximate surface area is 173 Å². The number of likely N-dealkylation sites (tertiary alicyclic amines) is 1. The summed E-state index contributed by atoms with van der Waals surface area (Å²) in [5.41, 5.74) is -1.96. The number of thioether (sulfide) groups is 1. The van der Waals surface area contributed by atoms with Crippen LogP contribution in [-0.2, 0) is 9.47 Å². The molecule has 7 heteroatoms. The molecule has 1 saturated heterocycles. The van der Waals surface area contributed by atoms with Crippen LogP contribution in [0.2, 0.25) is 0 Å². The molecule has 0 aromatic carbocycles. The minimum absolute atomic E-state index is 0.0957. The molecule has 0 aromatic rings. The lowest BCUT2D eigenvalue weighted by Gasteiger charge is -2.47. The summed E-state index contributed by atoms with van der Waals surface area (Å²) in [5.74, 6) is 0.781. The number of rotatable bonds is 6. The molecule has 1 aliphatic heterocycles. The molecule has 2 rings (SSSR count). The molecule has 1 atom stereocenters. The van der Waals surface area contributed by atoms with Gasteiger partial charge in [0.1, 0.15) is 16.2 Å². The Hall–Kier alpha value is -1.21. The largest absolute Gasteiger partial charge is 0.495 e. The van der Waals surface area contributed by atoms with Gasteiger partial charge in [-0.3, -0.25) is 4.99 Å². The predicted octanol–water partition coefficient (Wildman–Crippen LogP) is 4.23. The van der Waals surface area contributed by atoms with Crippen molar-refractivity contribution in [3.8, 4) is 0 Å². The Balaban J connectivity index is 1.94. The van der Waals surface area contributed by atoms with Crippen molar-refractivity contribution in [3.05, 3.63) is 12.3 Å². The summed E-state index contributed by atoms with van der Waals surface area (Å²) in [5, 5.41) is 11.7. The number of β-amino-alcohol motifs (C(OH)–C–C–N with tert-alkyl or cyclic N) is 1. The Morgan fingerprint density at radius 1 is 1.29 bits per heavy atom. The number of carbonyl (C=O) groups is 1. The molecular formula is C21H36N2O4S. The molecule has 1 amide bonds. The zero-order chi connectivity index (χ0) is 21.3. The lowest BCUT2D eigenvalue weighted by molar-refractivity contribution is -0.0566. The number of aliphatic imine (C=N–C) groups is 1. The van der Waals surface area contributed by atoms with Crippen LogP contribution in [0.3, 0.4) is 0 Å². The second-order valence-electron chi connectivity index (χ2n) is 9.47. The van der Waals surface area contributed by atoms with Crippen molar-refractivity contribution in [3.63, 3.8) is 0 Å². The number of carbonyl (C=O) groups excluding carboxylic acids is 1. The van der Waals surface area contributed by atoms with Gasteiger partial charge in [-0.1, -0.05) is 27.4 Å². The SMILES string of the molecule is C=C(OC1CCC1)C(C)(C)C(C)S/C(=N\C)C1(O)CN(C(=O)OC(C)(C)C)C1. The Morgan fingerprint density at radius 3 is 2.29 bits per heavy atom. The Morgan fingerprint density at radius 2 is 1.86 bits per heavy atom. The molecular weight excluding hydrogens is 376 g/mol. The molecule has 1 unspecified atom stereocenters. The second-order valence-corrected chi connectivity index (χ2v) is 10.8. The highest BCUT2D eigenvalue weighted by Crippen LogP contribution is 2.42. The topological polar surface area (TPSA) is 71.4 Å². The zero-order valence-corrected chi connectivity index (χ0v) is 19.2. The highest BCUT2D eigenvalue weighted by molar-refractivity contribution is 8.14. The average Bonchev–Trinajstić information content (AvgIpc) is 2.50. The molecule has 6 nitrogen and oxygen atoms in total. The van der Waals surface area contributed by atoms with E-state index in [4.69, 9.17) is 9.47 Å². The summed E-state index contributed by atoms with van der Waals surface area (Å²) >= 11 is 1.52. The van der Waals surface area contributed by atoms with Gasteiger partial charge in [0.25, 0.3) is 0 Å². The van der Waals surface area contributed by atoms with Crippen LogP contribution in [0.25, 0.3) is 0 Å². The third-order valence-corrected chi connectivity index (χ3v) is 7.27. The van der Waals surface area contributed by atoms with Crippen LogP contribution >= 0.6 is 11.8 Å². The Bertz CT molecular complexity index is 629. The van der Waals surface area contributed by atoms with Gasteiger partial charge in [0.15, 0.2) is 0 Å². The van der Waals surface area contributed by atoms with E-state index in [1.165, 1.54) is 23.1 Å². The van der Waals surface area contributed by atoms with Crippen molar-refractivity contribution in [2.75, 3.05) is 20.1 Å². The number of allylic oxidation sites excluding steroid dienone is 1. The fraction of sp³-hybridized carbons (Fsp3) is 0.810. The monoisotopic (exact) mass is 412 g/mol. The number of ether oxygens (including phenoxy) is 2. The normalized spacial score (nSPS) is 21.4. The number of amides is 1. The van der Waals surface area contributed by atoms with Crippen molar-refractivity contribution in [1.82, 2.24) is 4.90 Å². The molecule has 0 aromatic heterocycles. The molecule has 1 aliphatic carbocycles. The van der Waals surface area contributed by atoms with Crippen molar-refractivity contribution in [1.29, 1.82) is 0 Å². The molecule has 0 spiro atoms. The Kier molecular flexibility index (Phi) is 6.81. The van der Waals surface area contributed by atoms with Gasteiger partial charge in [0, 0.05) is 17.7 Å². The lowest BCUT2D eigenvalue weighted by atomic mass is 9.87. The fourth-order valence-electron chi connectivity index (χ4n) is 2.93. The van der Waals surface area contributed by atoms with Crippen molar-refractivity contribution in [2.45, 2.75) is 83.4 Å². The fourth-order valence-corrected chi connectivity index (χ4v) is 4.14. The summed E-state index contributed by atoms with van der Waals surface area (Å²) in [6, 6.07) is 0. The summed E-state index contributed by atoms with van der Waals surface area (Å²) < 4.78 is 11.4. The first-order valence-corrected chi connectivity index (χ1v) is 10.9. The first-order valence-electron chi connectivity index (χ1n) is 9.99. The molecule has 2 fully saturated rings. The first kappa shape index (κ1) is 23.1. The lowest BCUT2D eigenvalue weighted by Crippen LogP contribution is -2.67. The van der Waals surface area contributed by atoms with Gasteiger partial charge in [-0.25, -0.2) is 4.79 Å². The number of hydrogen-bond acceptors (Lipinski definition) is 6. The highest BCUT2D eigenvalue weighted by atomic mass is 32.2. The van der Waals surface area contributed by atoms with Crippen LogP contribution in [0, 0.1) is 5.41 Å². The maximum atomic E-state index is 12.2. The average molecular weight is 413 g/mol. The predicted molar refractivity (Wildman–Crippen MR) is 115 cm³/mol. The van der Waals surface area contributed by atoms with Crippen molar-refractivity contribution >= 4 is 22.9 Å². The van der Waals surface area contributed by atoms with E-state index in [9.17, 15) is 9.90 Å². The van der Waals surface area contributed by atoms with Gasteiger partial charge in [-0.05, 0) is 40.0 Å². The van der Waals surface area contributed by atoms with Crippen molar-refractivity contribution in [2.24, 2.45) is 10.4 Å².